The molecule has 0 saturated carbocycles. The van der Waals surface area contributed by atoms with Gasteiger partial charge < -0.3 is 4.74 Å². The van der Waals surface area contributed by atoms with Crippen molar-refractivity contribution in [2.24, 2.45) is 0 Å². The zero-order chi connectivity index (χ0) is 25.3. The second-order valence-electron chi connectivity index (χ2n) is 7.98. The Hall–Kier alpha value is -3.32. The van der Waals surface area contributed by atoms with E-state index in [1.807, 2.05) is 0 Å². The molecule has 1 saturated heterocycles. The number of fused-ring (bicyclic) bond motifs is 1. The largest absolute Gasteiger partial charge is 0.379 e. The normalized spacial score (nSPS) is 14.7. The van der Waals surface area contributed by atoms with Gasteiger partial charge in [-0.3, -0.25) is 14.7 Å². The highest BCUT2D eigenvalue weighted by atomic mass is 32.2. The van der Waals surface area contributed by atoms with Crippen molar-refractivity contribution >= 4 is 42.6 Å². The van der Waals surface area contributed by atoms with Crippen LogP contribution in [-0.2, 0) is 21.3 Å². The molecule has 0 bridgehead atoms. The smallest absolute Gasteiger partial charge is 0.260 e. The lowest BCUT2D eigenvalue weighted by Gasteiger charge is -2.26. The number of ether oxygens (including phenoxy) is 1. The van der Waals surface area contributed by atoms with E-state index < -0.39 is 27.6 Å². The van der Waals surface area contributed by atoms with E-state index >= 15 is 0 Å². The van der Waals surface area contributed by atoms with Crippen molar-refractivity contribution in [2.75, 3.05) is 31.2 Å². The summed E-state index contributed by atoms with van der Waals surface area (Å²) in [4.78, 5) is 23.5. The molecule has 0 spiro atoms. The first-order valence-corrected chi connectivity index (χ1v) is 13.2. The number of aromatic nitrogens is 2. The lowest BCUT2D eigenvalue weighted by molar-refractivity contribution is 0.0730. The number of sulfonamides is 1. The Balaban J connectivity index is 1.49. The highest BCUT2D eigenvalue weighted by Crippen LogP contribution is 2.33. The predicted molar refractivity (Wildman–Crippen MR) is 130 cm³/mol. The van der Waals surface area contributed by atoms with Gasteiger partial charge >= 0.3 is 0 Å². The van der Waals surface area contributed by atoms with Crippen molar-refractivity contribution in [3.63, 3.8) is 0 Å². The molecule has 2 aromatic heterocycles. The fourth-order valence-corrected chi connectivity index (χ4v) is 6.21. The summed E-state index contributed by atoms with van der Waals surface area (Å²) < 4.78 is 60.7. The van der Waals surface area contributed by atoms with E-state index in [0.29, 0.717) is 18.9 Å². The average Bonchev–Trinajstić information content (AvgIpc) is 3.32. The molecule has 3 heterocycles. The van der Waals surface area contributed by atoms with Crippen LogP contribution in [-0.4, -0.2) is 54.9 Å². The Bertz CT molecular complexity index is 1510. The average molecular weight is 531 g/mol. The molecule has 5 rings (SSSR count). The van der Waals surface area contributed by atoms with Crippen molar-refractivity contribution in [2.45, 2.75) is 11.4 Å². The Morgan fingerprint density at radius 1 is 1.08 bits per heavy atom. The van der Waals surface area contributed by atoms with Gasteiger partial charge in [0.05, 0.1) is 35.0 Å². The highest BCUT2D eigenvalue weighted by Gasteiger charge is 2.28. The molecule has 1 amide bonds. The third-order valence-corrected chi connectivity index (χ3v) is 8.57. The summed E-state index contributed by atoms with van der Waals surface area (Å²) in [5.41, 5.74) is 0.725. The molecular formula is C24H20F2N4O4S2. The number of pyridine rings is 1. The molecule has 8 nitrogen and oxygen atoms in total. The minimum absolute atomic E-state index is 0.0252. The maximum Gasteiger partial charge on any atom is 0.260 e. The second-order valence-corrected chi connectivity index (χ2v) is 10.9. The van der Waals surface area contributed by atoms with E-state index in [-0.39, 0.29) is 45.4 Å². The number of amides is 1. The number of carbonyl (C=O) groups is 1. The summed E-state index contributed by atoms with van der Waals surface area (Å²) in [7, 11) is -3.72. The lowest BCUT2D eigenvalue weighted by Crippen LogP contribution is -2.40. The van der Waals surface area contributed by atoms with Gasteiger partial charge in [0.1, 0.15) is 11.3 Å². The van der Waals surface area contributed by atoms with Crippen molar-refractivity contribution in [3.8, 4) is 0 Å². The number of thiazole rings is 1. The van der Waals surface area contributed by atoms with E-state index in [1.165, 1.54) is 33.5 Å². The molecule has 1 aliphatic heterocycles. The number of carbonyl (C=O) groups excluding carboxylic acids is 1. The lowest BCUT2D eigenvalue weighted by atomic mass is 10.2. The Morgan fingerprint density at radius 3 is 2.53 bits per heavy atom. The quantitative estimate of drug-likeness (QED) is 0.376. The third kappa shape index (κ3) is 4.85. The number of halogens is 2. The first-order valence-electron chi connectivity index (χ1n) is 11.0. The number of nitrogens with zero attached hydrogens (tertiary/aromatic N) is 4. The molecule has 2 aromatic carbocycles. The van der Waals surface area contributed by atoms with Gasteiger partial charge in [-0.05, 0) is 42.5 Å². The van der Waals surface area contributed by atoms with Gasteiger partial charge in [0.25, 0.3) is 5.91 Å². The van der Waals surface area contributed by atoms with Gasteiger partial charge in [-0.25, -0.2) is 22.2 Å². The number of hydrogen-bond acceptors (Lipinski definition) is 7. The van der Waals surface area contributed by atoms with Gasteiger partial charge in [0, 0.05) is 30.9 Å². The van der Waals surface area contributed by atoms with Crippen LogP contribution in [0.5, 0.6) is 0 Å². The monoisotopic (exact) mass is 530 g/mol. The SMILES string of the molecule is O=C(c1ccc(S(=O)(=O)N2CCOCC2)cc1)N(Cc1ccccn1)c1nc2c(F)cc(F)cc2s1. The number of hydrogen-bond donors (Lipinski definition) is 0. The van der Waals surface area contributed by atoms with Gasteiger partial charge in [-0.15, -0.1) is 0 Å². The summed E-state index contributed by atoms with van der Waals surface area (Å²) in [5.74, 6) is -2.05. The van der Waals surface area contributed by atoms with Crippen LogP contribution in [0.15, 0.2) is 65.7 Å². The van der Waals surface area contributed by atoms with E-state index in [9.17, 15) is 22.0 Å². The van der Waals surface area contributed by atoms with Crippen LogP contribution in [0.4, 0.5) is 13.9 Å². The van der Waals surface area contributed by atoms with Crippen LogP contribution in [0, 0.1) is 11.6 Å². The number of rotatable bonds is 6. The Kier molecular flexibility index (Phi) is 6.75. The van der Waals surface area contributed by atoms with Gasteiger partial charge in [0.15, 0.2) is 10.9 Å². The van der Waals surface area contributed by atoms with E-state index in [2.05, 4.69) is 9.97 Å². The van der Waals surface area contributed by atoms with E-state index in [0.717, 1.165) is 23.5 Å². The summed E-state index contributed by atoms with van der Waals surface area (Å²) in [6.45, 7) is 1.19. The van der Waals surface area contributed by atoms with Crippen LogP contribution in [0.25, 0.3) is 10.2 Å². The second kappa shape index (κ2) is 9.97. The molecule has 0 aliphatic carbocycles. The number of morpholine rings is 1. The zero-order valence-electron chi connectivity index (χ0n) is 18.8. The van der Waals surface area contributed by atoms with Gasteiger partial charge in [0.2, 0.25) is 10.0 Å². The van der Waals surface area contributed by atoms with Crippen LogP contribution >= 0.6 is 11.3 Å². The summed E-state index contributed by atoms with van der Waals surface area (Å²) >= 11 is 0.974. The van der Waals surface area contributed by atoms with Crippen LogP contribution in [0.2, 0.25) is 0 Å². The topological polar surface area (TPSA) is 92.7 Å². The fourth-order valence-electron chi connectivity index (χ4n) is 3.80. The Morgan fingerprint density at radius 2 is 1.83 bits per heavy atom. The molecule has 0 atom stereocenters. The van der Waals surface area contributed by atoms with Crippen molar-refractivity contribution in [1.82, 2.24) is 14.3 Å². The molecule has 0 unspecified atom stereocenters. The third-order valence-electron chi connectivity index (χ3n) is 5.63. The first-order chi connectivity index (χ1) is 17.3. The van der Waals surface area contributed by atoms with Crippen LogP contribution in [0.3, 0.4) is 0 Å². The molecule has 12 heteroatoms. The minimum atomic E-state index is -3.72. The maximum atomic E-state index is 14.3. The van der Waals surface area contributed by atoms with Gasteiger partial charge in [-0.1, -0.05) is 17.4 Å². The fraction of sp³-hybridized carbons (Fsp3) is 0.208. The van der Waals surface area contributed by atoms with Crippen LogP contribution < -0.4 is 4.90 Å². The molecule has 0 N–H and O–H groups in total. The number of anilines is 1. The standard InChI is InChI=1S/C24H20F2N4O4S2/c25-17-13-20(26)22-21(14-17)35-24(28-22)30(15-18-3-1-2-8-27-18)23(31)16-4-6-19(7-5-16)36(32,33)29-9-11-34-12-10-29/h1-8,13-14H,9-12,15H2. The number of benzene rings is 2. The zero-order valence-corrected chi connectivity index (χ0v) is 20.4. The van der Waals surface area contributed by atoms with Gasteiger partial charge in [-0.2, -0.15) is 4.31 Å². The molecule has 1 aliphatic rings. The minimum Gasteiger partial charge on any atom is -0.379 e. The molecular weight excluding hydrogens is 510 g/mol. The summed E-state index contributed by atoms with van der Waals surface area (Å²) in [5, 5.41) is 0.162. The molecule has 0 radical (unpaired) electrons. The molecule has 4 aromatic rings. The van der Waals surface area contributed by atoms with Crippen molar-refractivity contribution in [1.29, 1.82) is 0 Å². The maximum absolute atomic E-state index is 14.3. The van der Waals surface area contributed by atoms with E-state index in [4.69, 9.17) is 4.74 Å². The highest BCUT2D eigenvalue weighted by molar-refractivity contribution is 7.89. The van der Waals surface area contributed by atoms with E-state index in [1.54, 1.807) is 24.4 Å². The van der Waals surface area contributed by atoms with Crippen LogP contribution in [0.1, 0.15) is 16.1 Å². The predicted octanol–water partition coefficient (Wildman–Crippen LogP) is 3.84. The molecule has 1 fully saturated rings. The Labute approximate surface area is 209 Å². The molecule has 36 heavy (non-hydrogen) atoms. The first kappa shape index (κ1) is 24.4. The summed E-state index contributed by atoms with van der Waals surface area (Å²) in [6, 6.07) is 12.7. The summed E-state index contributed by atoms with van der Waals surface area (Å²) in [6.07, 6.45) is 1.58. The van der Waals surface area contributed by atoms with Crippen molar-refractivity contribution in [3.05, 3.63) is 83.7 Å². The molecule has 186 valence electrons. The van der Waals surface area contributed by atoms with Crippen molar-refractivity contribution < 1.29 is 26.7 Å².